The molecule has 0 radical (unpaired) electrons. The second-order valence-electron chi connectivity index (χ2n) is 8.43. The third-order valence-electron chi connectivity index (χ3n) is 6.64. The van der Waals surface area contributed by atoms with Crippen LogP contribution in [0.25, 0.3) is 0 Å². The van der Waals surface area contributed by atoms with E-state index in [2.05, 4.69) is 21.2 Å². The number of fused-ring (bicyclic) bond motifs is 1. The fourth-order valence-electron chi connectivity index (χ4n) is 5.01. The summed E-state index contributed by atoms with van der Waals surface area (Å²) < 4.78 is 0. The topological polar surface area (TPSA) is 165 Å². The Morgan fingerprint density at radius 3 is 2.62 bits per heavy atom. The molecule has 162 valence electrons. The molecule has 0 spiro atoms. The van der Waals surface area contributed by atoms with E-state index in [1.807, 2.05) is 6.92 Å². The summed E-state index contributed by atoms with van der Waals surface area (Å²) in [4.78, 5) is 23.8. The lowest BCUT2D eigenvalue weighted by molar-refractivity contribution is -0.531. The maximum Gasteiger partial charge on any atom is 0.237 e. The molecule has 1 amide bonds. The van der Waals surface area contributed by atoms with Crippen molar-refractivity contribution in [1.29, 1.82) is 5.41 Å². The molecule has 3 rings (SSSR count). The monoisotopic (exact) mass is 409 g/mol. The SMILES string of the molecule is C/C(=N\NC(=N)NO)C1CCC(NC(=O)C2CC3CCCC([N+](=O)[O-])C3N2)CC1. The number of guanidine groups is 1. The van der Waals surface area contributed by atoms with E-state index < -0.39 is 6.04 Å². The molecule has 2 saturated carbocycles. The molecule has 1 saturated heterocycles. The quantitative estimate of drug-likeness (QED) is 0.168. The van der Waals surface area contributed by atoms with Gasteiger partial charge >= 0.3 is 0 Å². The van der Waals surface area contributed by atoms with Crippen LogP contribution in [0, 0.1) is 27.4 Å². The Bertz CT molecular complexity index is 663. The minimum absolute atomic E-state index is 0.0422. The summed E-state index contributed by atoms with van der Waals surface area (Å²) in [7, 11) is 0. The number of hydrogen-bond donors (Lipinski definition) is 6. The Labute approximate surface area is 169 Å². The van der Waals surface area contributed by atoms with Crippen LogP contribution in [-0.4, -0.2) is 51.9 Å². The highest BCUT2D eigenvalue weighted by atomic mass is 16.6. The van der Waals surface area contributed by atoms with Crippen molar-refractivity contribution >= 4 is 17.6 Å². The van der Waals surface area contributed by atoms with Gasteiger partial charge in [0.05, 0.1) is 12.1 Å². The van der Waals surface area contributed by atoms with Crippen LogP contribution in [0.2, 0.25) is 0 Å². The van der Waals surface area contributed by atoms with Crippen molar-refractivity contribution < 1.29 is 14.9 Å². The number of hydrazone groups is 1. The standard InChI is InChI=1S/C18H31N7O4/c1-10(22-23-18(19)24-27)11-5-7-13(8-6-11)20-17(26)14-9-12-3-2-4-15(25(28)29)16(12)21-14/h11-16,21,27H,2-9H2,1H3,(H,20,26)(H3,19,23,24)/b22-10+. The molecule has 4 unspecified atom stereocenters. The van der Waals surface area contributed by atoms with Gasteiger partial charge in [-0.3, -0.25) is 30.8 Å². The summed E-state index contributed by atoms with van der Waals surface area (Å²) in [5.74, 6) is 0.160. The van der Waals surface area contributed by atoms with Crippen LogP contribution in [0.4, 0.5) is 0 Å². The van der Waals surface area contributed by atoms with E-state index in [4.69, 9.17) is 10.6 Å². The molecule has 2 aliphatic carbocycles. The van der Waals surface area contributed by atoms with Crippen LogP contribution in [0.1, 0.15) is 58.3 Å². The molecule has 29 heavy (non-hydrogen) atoms. The number of amides is 1. The van der Waals surface area contributed by atoms with Gasteiger partial charge < -0.3 is 5.32 Å². The van der Waals surface area contributed by atoms with Crippen LogP contribution >= 0.6 is 0 Å². The third-order valence-corrected chi connectivity index (χ3v) is 6.64. The van der Waals surface area contributed by atoms with Crippen LogP contribution in [-0.2, 0) is 4.79 Å². The van der Waals surface area contributed by atoms with Crippen molar-refractivity contribution in [2.75, 3.05) is 0 Å². The van der Waals surface area contributed by atoms with Crippen LogP contribution in [0.3, 0.4) is 0 Å². The molecule has 0 aromatic rings. The van der Waals surface area contributed by atoms with E-state index in [0.29, 0.717) is 12.8 Å². The molecular formula is C18H31N7O4. The van der Waals surface area contributed by atoms with Crippen molar-refractivity contribution in [3.8, 4) is 0 Å². The highest BCUT2D eigenvalue weighted by Gasteiger charge is 2.48. The van der Waals surface area contributed by atoms with Gasteiger partial charge in [-0.25, -0.2) is 10.9 Å². The summed E-state index contributed by atoms with van der Waals surface area (Å²) >= 11 is 0. The van der Waals surface area contributed by atoms with Gasteiger partial charge in [-0.05, 0) is 63.7 Å². The van der Waals surface area contributed by atoms with Gasteiger partial charge in [0.15, 0.2) is 0 Å². The first-order valence-electron chi connectivity index (χ1n) is 10.4. The fourth-order valence-corrected chi connectivity index (χ4v) is 5.01. The summed E-state index contributed by atoms with van der Waals surface area (Å²) in [6.07, 6.45) is 6.53. The lowest BCUT2D eigenvalue weighted by atomic mass is 9.81. The summed E-state index contributed by atoms with van der Waals surface area (Å²) in [6.45, 7) is 1.89. The number of nitro groups is 1. The highest BCUT2D eigenvalue weighted by Crippen LogP contribution is 2.35. The average Bonchev–Trinajstić information content (AvgIpc) is 3.16. The normalized spacial score (nSPS) is 34.8. The Balaban J connectivity index is 1.45. The lowest BCUT2D eigenvalue weighted by Crippen LogP contribution is -2.51. The van der Waals surface area contributed by atoms with Gasteiger partial charge in [-0.15, -0.1) is 0 Å². The van der Waals surface area contributed by atoms with E-state index in [9.17, 15) is 14.9 Å². The average molecular weight is 409 g/mol. The summed E-state index contributed by atoms with van der Waals surface area (Å²) in [5.41, 5.74) is 4.97. The van der Waals surface area contributed by atoms with Gasteiger partial charge in [-0.1, -0.05) is 0 Å². The van der Waals surface area contributed by atoms with Crippen molar-refractivity contribution in [3.63, 3.8) is 0 Å². The van der Waals surface area contributed by atoms with Crippen molar-refractivity contribution in [3.05, 3.63) is 10.1 Å². The molecular weight excluding hydrogens is 378 g/mol. The molecule has 0 aromatic heterocycles. The maximum atomic E-state index is 12.7. The number of nitrogens with zero attached hydrogens (tertiary/aromatic N) is 2. The number of nitrogens with one attached hydrogen (secondary N) is 5. The van der Waals surface area contributed by atoms with Crippen LogP contribution in [0.15, 0.2) is 5.10 Å². The predicted octanol–water partition coefficient (Wildman–Crippen LogP) is 0.716. The molecule has 3 aliphatic rings. The van der Waals surface area contributed by atoms with Gasteiger partial charge in [0.2, 0.25) is 17.9 Å². The minimum atomic E-state index is -0.583. The first kappa shape index (κ1) is 21.4. The van der Waals surface area contributed by atoms with Crippen molar-refractivity contribution in [2.24, 2.45) is 16.9 Å². The summed E-state index contributed by atoms with van der Waals surface area (Å²) in [5, 5.41) is 37.6. The zero-order valence-electron chi connectivity index (χ0n) is 16.7. The number of rotatable bonds is 5. The van der Waals surface area contributed by atoms with Gasteiger partial charge in [0.1, 0.15) is 0 Å². The zero-order chi connectivity index (χ0) is 21.0. The Hall–Kier alpha value is -2.27. The molecule has 1 aliphatic heterocycles. The zero-order valence-corrected chi connectivity index (χ0v) is 16.7. The van der Waals surface area contributed by atoms with E-state index >= 15 is 0 Å². The van der Waals surface area contributed by atoms with Crippen molar-refractivity contribution in [2.45, 2.75) is 82.5 Å². The Kier molecular flexibility index (Phi) is 7.01. The molecule has 6 N–H and O–H groups in total. The maximum absolute atomic E-state index is 12.7. The van der Waals surface area contributed by atoms with Crippen LogP contribution in [0.5, 0.6) is 0 Å². The lowest BCUT2D eigenvalue weighted by Gasteiger charge is -2.30. The first-order valence-corrected chi connectivity index (χ1v) is 10.4. The van der Waals surface area contributed by atoms with Gasteiger partial charge in [-0.2, -0.15) is 5.10 Å². The molecule has 11 nitrogen and oxygen atoms in total. The number of hydrogen-bond acceptors (Lipinski definition) is 7. The minimum Gasteiger partial charge on any atom is -0.352 e. The number of carbonyl (C=O) groups excluding carboxylic acids is 1. The Morgan fingerprint density at radius 2 is 1.97 bits per heavy atom. The smallest absolute Gasteiger partial charge is 0.237 e. The molecule has 0 aromatic carbocycles. The van der Waals surface area contributed by atoms with E-state index in [0.717, 1.165) is 44.2 Å². The van der Waals surface area contributed by atoms with E-state index in [-0.39, 0.29) is 46.8 Å². The third kappa shape index (κ3) is 5.21. The summed E-state index contributed by atoms with van der Waals surface area (Å²) in [6, 6.07) is -1.01. The largest absolute Gasteiger partial charge is 0.352 e. The Morgan fingerprint density at radius 1 is 1.24 bits per heavy atom. The highest BCUT2D eigenvalue weighted by molar-refractivity contribution is 5.86. The van der Waals surface area contributed by atoms with E-state index in [1.165, 1.54) is 0 Å². The van der Waals surface area contributed by atoms with Gasteiger partial charge in [0.25, 0.3) is 0 Å². The second kappa shape index (κ2) is 9.49. The molecule has 4 atom stereocenters. The predicted molar refractivity (Wildman–Crippen MR) is 106 cm³/mol. The van der Waals surface area contributed by atoms with Crippen molar-refractivity contribution in [1.82, 2.24) is 21.5 Å². The molecule has 11 heteroatoms. The number of hydroxylamine groups is 1. The van der Waals surface area contributed by atoms with Gasteiger partial charge in [0, 0.05) is 23.1 Å². The van der Waals surface area contributed by atoms with Crippen LogP contribution < -0.4 is 21.5 Å². The molecule has 3 fully saturated rings. The number of carbonyl (C=O) groups is 1. The second-order valence-corrected chi connectivity index (χ2v) is 8.43. The van der Waals surface area contributed by atoms with E-state index in [1.54, 1.807) is 5.48 Å². The molecule has 0 bridgehead atoms. The molecule has 1 heterocycles. The fraction of sp³-hybridized carbons (Fsp3) is 0.833. The first-order chi connectivity index (χ1) is 13.9.